The summed E-state index contributed by atoms with van der Waals surface area (Å²) < 4.78 is 10.9. The molecule has 0 aliphatic carbocycles. The molecule has 2 aromatic rings. The number of hydrogen-bond acceptors (Lipinski definition) is 4. The molecule has 2 rings (SSSR count). The van der Waals surface area contributed by atoms with Crippen molar-refractivity contribution in [2.24, 2.45) is 0 Å². The lowest BCUT2D eigenvalue weighted by atomic mass is 10.0. The second-order valence-corrected chi connectivity index (χ2v) is 6.90. The number of methoxy groups -OCH3 is 1. The molecule has 0 spiro atoms. The predicted molar refractivity (Wildman–Crippen MR) is 99.9 cm³/mol. The van der Waals surface area contributed by atoms with Gasteiger partial charge in [-0.1, -0.05) is 30.3 Å². The lowest BCUT2D eigenvalue weighted by Gasteiger charge is -2.36. The summed E-state index contributed by atoms with van der Waals surface area (Å²) in [6.07, 6.45) is 0. The Morgan fingerprint density at radius 3 is 2.38 bits per heavy atom. The normalized spacial score (nSPS) is 10.7. The molecule has 0 aliphatic rings. The van der Waals surface area contributed by atoms with Crippen molar-refractivity contribution in [1.82, 2.24) is 4.90 Å². The van der Waals surface area contributed by atoms with Gasteiger partial charge in [-0.05, 0) is 38.5 Å². The largest absolute Gasteiger partial charge is 0.493 e. The van der Waals surface area contributed by atoms with Crippen LogP contribution in [0.1, 0.15) is 31.9 Å². The fourth-order valence-corrected chi connectivity index (χ4v) is 2.54. The third-order valence-corrected chi connectivity index (χ3v) is 3.94. The molecule has 0 unspecified atom stereocenters. The first-order valence-electron chi connectivity index (χ1n) is 8.40. The number of amides is 1. The van der Waals surface area contributed by atoms with E-state index in [0.29, 0.717) is 23.6 Å². The molecular weight excluding hydrogens is 328 g/mol. The zero-order valence-corrected chi connectivity index (χ0v) is 15.7. The molecule has 0 atom stereocenters. The summed E-state index contributed by atoms with van der Waals surface area (Å²) in [7, 11) is 1.50. The standard InChI is InChI=1S/C21H24N2O3/c1-21(2,3)23(14-16-8-6-5-7-9-16)20(24)15-26-18-11-10-17(13-22)12-19(18)25-4/h5-12H,14-15H2,1-4H3. The summed E-state index contributed by atoms with van der Waals surface area (Å²) in [6, 6.07) is 16.8. The Hall–Kier alpha value is -3.00. The highest BCUT2D eigenvalue weighted by molar-refractivity contribution is 5.78. The SMILES string of the molecule is COc1cc(C#N)ccc1OCC(=O)N(Cc1ccccc1)C(C)(C)C. The van der Waals surface area contributed by atoms with Crippen molar-refractivity contribution < 1.29 is 14.3 Å². The minimum atomic E-state index is -0.342. The van der Waals surface area contributed by atoms with Gasteiger partial charge in [-0.25, -0.2) is 0 Å². The van der Waals surface area contributed by atoms with Gasteiger partial charge in [0.05, 0.1) is 18.7 Å². The Bertz CT molecular complexity index is 789. The van der Waals surface area contributed by atoms with E-state index in [1.165, 1.54) is 7.11 Å². The number of carbonyl (C=O) groups excluding carboxylic acids is 1. The maximum absolute atomic E-state index is 12.8. The quantitative estimate of drug-likeness (QED) is 0.794. The van der Waals surface area contributed by atoms with Crippen molar-refractivity contribution in [1.29, 1.82) is 5.26 Å². The summed E-state index contributed by atoms with van der Waals surface area (Å²) in [5, 5.41) is 8.96. The summed E-state index contributed by atoms with van der Waals surface area (Å²) in [5.41, 5.74) is 1.19. The van der Waals surface area contributed by atoms with Crippen molar-refractivity contribution in [3.63, 3.8) is 0 Å². The molecule has 5 nitrogen and oxygen atoms in total. The number of nitrogens with zero attached hydrogens (tertiary/aromatic N) is 2. The van der Waals surface area contributed by atoms with Gasteiger partial charge in [-0.3, -0.25) is 4.79 Å². The summed E-state index contributed by atoms with van der Waals surface area (Å²) in [6.45, 7) is 6.39. The van der Waals surface area contributed by atoms with Crippen LogP contribution in [0.15, 0.2) is 48.5 Å². The van der Waals surface area contributed by atoms with Crippen molar-refractivity contribution >= 4 is 5.91 Å². The maximum atomic E-state index is 12.8. The fourth-order valence-electron chi connectivity index (χ4n) is 2.54. The van der Waals surface area contributed by atoms with Crippen LogP contribution in [0.3, 0.4) is 0 Å². The molecule has 2 aromatic carbocycles. The van der Waals surface area contributed by atoms with Crippen molar-refractivity contribution in [2.45, 2.75) is 32.9 Å². The van der Waals surface area contributed by atoms with Gasteiger partial charge >= 0.3 is 0 Å². The number of hydrogen-bond donors (Lipinski definition) is 0. The molecule has 0 N–H and O–H groups in total. The van der Waals surface area contributed by atoms with Gasteiger partial charge in [0.25, 0.3) is 5.91 Å². The zero-order chi connectivity index (χ0) is 19.2. The lowest BCUT2D eigenvalue weighted by Crippen LogP contribution is -2.47. The summed E-state index contributed by atoms with van der Waals surface area (Å²) in [5.74, 6) is 0.753. The maximum Gasteiger partial charge on any atom is 0.261 e. The fraction of sp³-hybridized carbons (Fsp3) is 0.333. The monoisotopic (exact) mass is 352 g/mol. The van der Waals surface area contributed by atoms with E-state index in [4.69, 9.17) is 14.7 Å². The highest BCUT2D eigenvalue weighted by Gasteiger charge is 2.27. The van der Waals surface area contributed by atoms with Crippen LogP contribution >= 0.6 is 0 Å². The number of nitriles is 1. The molecule has 0 saturated carbocycles. The van der Waals surface area contributed by atoms with Crippen LogP contribution in [0.2, 0.25) is 0 Å². The van der Waals surface area contributed by atoms with E-state index in [9.17, 15) is 4.79 Å². The van der Waals surface area contributed by atoms with Crippen molar-refractivity contribution in [3.8, 4) is 17.6 Å². The van der Waals surface area contributed by atoms with Crippen LogP contribution in [0.25, 0.3) is 0 Å². The van der Waals surface area contributed by atoms with Gasteiger partial charge < -0.3 is 14.4 Å². The van der Waals surface area contributed by atoms with E-state index in [0.717, 1.165) is 5.56 Å². The average molecular weight is 352 g/mol. The number of carbonyl (C=O) groups is 1. The molecular formula is C21H24N2O3. The Balaban J connectivity index is 2.12. The minimum Gasteiger partial charge on any atom is -0.493 e. The first-order valence-corrected chi connectivity index (χ1v) is 8.40. The average Bonchev–Trinajstić information content (AvgIpc) is 2.64. The van der Waals surface area contributed by atoms with E-state index >= 15 is 0 Å². The van der Waals surface area contributed by atoms with E-state index < -0.39 is 0 Å². The molecule has 0 aromatic heterocycles. The second kappa shape index (κ2) is 8.39. The van der Waals surface area contributed by atoms with Crippen molar-refractivity contribution in [3.05, 3.63) is 59.7 Å². The number of benzene rings is 2. The third-order valence-electron chi connectivity index (χ3n) is 3.94. The van der Waals surface area contributed by atoms with Gasteiger partial charge in [0.1, 0.15) is 0 Å². The number of rotatable bonds is 6. The summed E-state index contributed by atoms with van der Waals surface area (Å²) >= 11 is 0. The van der Waals surface area contributed by atoms with Crippen LogP contribution in [0, 0.1) is 11.3 Å². The molecule has 136 valence electrons. The second-order valence-electron chi connectivity index (χ2n) is 6.90. The first-order chi connectivity index (χ1) is 12.3. The molecule has 1 amide bonds. The first kappa shape index (κ1) is 19.3. The third kappa shape index (κ3) is 5.00. The van der Waals surface area contributed by atoms with Crippen molar-refractivity contribution in [2.75, 3.05) is 13.7 Å². The topological polar surface area (TPSA) is 62.6 Å². The van der Waals surface area contributed by atoms with Crippen LogP contribution in [0.4, 0.5) is 0 Å². The summed E-state index contributed by atoms with van der Waals surface area (Å²) in [4.78, 5) is 14.6. The van der Waals surface area contributed by atoms with Crippen LogP contribution in [0.5, 0.6) is 11.5 Å². The van der Waals surface area contributed by atoms with E-state index in [2.05, 4.69) is 0 Å². The lowest BCUT2D eigenvalue weighted by molar-refractivity contribution is -0.139. The Morgan fingerprint density at radius 1 is 1.12 bits per heavy atom. The van der Waals surface area contributed by atoms with Gasteiger partial charge in [0.2, 0.25) is 0 Å². The molecule has 0 aliphatic heterocycles. The molecule has 26 heavy (non-hydrogen) atoms. The van der Waals surface area contributed by atoms with E-state index in [1.807, 2.05) is 57.2 Å². The van der Waals surface area contributed by atoms with Crippen LogP contribution in [-0.4, -0.2) is 30.1 Å². The van der Waals surface area contributed by atoms with E-state index in [-0.39, 0.29) is 18.1 Å². The molecule has 0 fully saturated rings. The van der Waals surface area contributed by atoms with Gasteiger partial charge in [-0.2, -0.15) is 5.26 Å². The number of ether oxygens (including phenoxy) is 2. The molecule has 5 heteroatoms. The van der Waals surface area contributed by atoms with Gasteiger partial charge in [-0.15, -0.1) is 0 Å². The Morgan fingerprint density at radius 2 is 1.81 bits per heavy atom. The minimum absolute atomic E-state index is 0.105. The highest BCUT2D eigenvalue weighted by atomic mass is 16.5. The molecule has 0 heterocycles. The molecule has 0 saturated heterocycles. The molecule has 0 radical (unpaired) electrons. The van der Waals surface area contributed by atoms with Crippen LogP contribution < -0.4 is 9.47 Å². The van der Waals surface area contributed by atoms with Gasteiger partial charge in [0.15, 0.2) is 18.1 Å². The zero-order valence-electron chi connectivity index (χ0n) is 15.7. The molecule has 0 bridgehead atoms. The van der Waals surface area contributed by atoms with Crippen LogP contribution in [-0.2, 0) is 11.3 Å². The van der Waals surface area contributed by atoms with Gasteiger partial charge in [0, 0.05) is 18.2 Å². The highest BCUT2D eigenvalue weighted by Crippen LogP contribution is 2.28. The smallest absolute Gasteiger partial charge is 0.261 e. The predicted octanol–water partition coefficient (Wildman–Crippen LogP) is 3.77. The Kier molecular flexibility index (Phi) is 6.24. The van der Waals surface area contributed by atoms with E-state index in [1.54, 1.807) is 23.1 Å². The Labute approximate surface area is 154 Å².